The first kappa shape index (κ1) is 31.5. The fourth-order valence-corrected chi connectivity index (χ4v) is 2.55. The third-order valence-corrected chi connectivity index (χ3v) is 4.24. The monoisotopic (exact) mass is 527 g/mol. The number of carbonyl (C=O) groups is 4. The Morgan fingerprint density at radius 1 is 0.757 bits per heavy atom. The lowest BCUT2D eigenvalue weighted by Crippen LogP contribution is -2.37. The third-order valence-electron chi connectivity index (χ3n) is 4.24. The Labute approximate surface area is 216 Å². The lowest BCUT2D eigenvalue weighted by Gasteiger charge is -2.17. The lowest BCUT2D eigenvalue weighted by molar-refractivity contribution is -0.152. The van der Waals surface area contributed by atoms with E-state index in [1.54, 1.807) is 6.92 Å². The van der Waals surface area contributed by atoms with Gasteiger partial charge in [-0.3, -0.25) is 4.79 Å². The van der Waals surface area contributed by atoms with Gasteiger partial charge in [0.2, 0.25) is 0 Å². The van der Waals surface area contributed by atoms with Gasteiger partial charge in [0, 0.05) is 0 Å². The summed E-state index contributed by atoms with van der Waals surface area (Å²) in [5.74, 6) is -0.771. The maximum Gasteiger partial charge on any atom is 0.513 e. The molecule has 0 aliphatic heterocycles. The predicted octanol–water partition coefficient (Wildman–Crippen LogP) is 4.00. The average molecular weight is 528 g/mol. The van der Waals surface area contributed by atoms with Crippen molar-refractivity contribution in [2.45, 2.75) is 60.1 Å². The van der Waals surface area contributed by atoms with Gasteiger partial charge in [0.15, 0.2) is 11.5 Å². The molecule has 2 atom stereocenters. The van der Waals surface area contributed by atoms with E-state index in [2.05, 4.69) is 4.74 Å². The molecule has 0 bridgehead atoms. The quantitative estimate of drug-likeness (QED) is 0.223. The summed E-state index contributed by atoms with van der Waals surface area (Å²) in [6.45, 7) is 10.8. The smallest absolute Gasteiger partial charge is 0.458 e. The van der Waals surface area contributed by atoms with Crippen molar-refractivity contribution in [2.24, 2.45) is 17.6 Å². The van der Waals surface area contributed by atoms with Crippen LogP contribution in [0.3, 0.4) is 0 Å². The van der Waals surface area contributed by atoms with Gasteiger partial charge >= 0.3 is 24.4 Å². The second kappa shape index (κ2) is 16.3. The third kappa shape index (κ3) is 13.4. The normalized spacial score (nSPS) is 12.4. The van der Waals surface area contributed by atoms with Crippen molar-refractivity contribution in [3.63, 3.8) is 0 Å². The van der Waals surface area contributed by atoms with Crippen molar-refractivity contribution in [1.82, 2.24) is 0 Å². The van der Waals surface area contributed by atoms with E-state index in [1.807, 2.05) is 27.7 Å². The molecule has 2 N–H and O–H groups in total. The van der Waals surface area contributed by atoms with Gasteiger partial charge in [0.05, 0.1) is 19.8 Å². The van der Waals surface area contributed by atoms with E-state index in [4.69, 9.17) is 34.2 Å². The molecule has 208 valence electrons. The maximum absolute atomic E-state index is 12.4. The highest BCUT2D eigenvalue weighted by molar-refractivity contribution is 5.76. The number of rotatable bonds is 13. The molecule has 0 aliphatic carbocycles. The standard InChI is InChI=1S/C25H37NO11/c1-7-31-23(28)34-14-17(6)35-22(27)19(26)10-18-8-9-20(36-24(29)32-12-15(2)3)21(11-18)37-25(30)33-13-16(4)5/h8-9,11,15-17,19H,7,10,12-14,26H2,1-6H3/t17-,19-/m0/s1. The minimum absolute atomic E-state index is 0.000234. The summed E-state index contributed by atoms with van der Waals surface area (Å²) in [5, 5.41) is 0. The molecular weight excluding hydrogens is 490 g/mol. The zero-order valence-corrected chi connectivity index (χ0v) is 22.1. The minimum atomic E-state index is -1.09. The second-order valence-electron chi connectivity index (χ2n) is 8.95. The van der Waals surface area contributed by atoms with Crippen LogP contribution in [0.4, 0.5) is 14.4 Å². The van der Waals surface area contributed by atoms with Gasteiger partial charge in [-0.15, -0.1) is 0 Å². The molecule has 37 heavy (non-hydrogen) atoms. The fraction of sp³-hybridized carbons (Fsp3) is 0.600. The molecule has 1 aromatic carbocycles. The van der Waals surface area contributed by atoms with E-state index in [9.17, 15) is 19.2 Å². The van der Waals surface area contributed by atoms with Crippen LogP contribution < -0.4 is 15.2 Å². The molecule has 0 fully saturated rings. The van der Waals surface area contributed by atoms with Crippen LogP contribution in [0.15, 0.2) is 18.2 Å². The highest BCUT2D eigenvalue weighted by Gasteiger charge is 2.22. The minimum Gasteiger partial charge on any atom is -0.458 e. The number of ether oxygens (including phenoxy) is 7. The molecule has 0 amide bonds. The van der Waals surface area contributed by atoms with Crippen LogP contribution in [-0.4, -0.2) is 63.0 Å². The second-order valence-corrected chi connectivity index (χ2v) is 8.95. The van der Waals surface area contributed by atoms with Crippen LogP contribution >= 0.6 is 0 Å². The van der Waals surface area contributed by atoms with Crippen molar-refractivity contribution < 1.29 is 52.3 Å². The predicted molar refractivity (Wildman–Crippen MR) is 130 cm³/mol. The first-order valence-electron chi connectivity index (χ1n) is 12.0. The molecule has 0 heterocycles. The molecule has 0 unspecified atom stereocenters. The maximum atomic E-state index is 12.4. The summed E-state index contributed by atoms with van der Waals surface area (Å²) >= 11 is 0. The Morgan fingerprint density at radius 2 is 1.30 bits per heavy atom. The van der Waals surface area contributed by atoms with Gasteiger partial charge in [0.25, 0.3) is 0 Å². The van der Waals surface area contributed by atoms with Crippen LogP contribution in [0.2, 0.25) is 0 Å². The number of carbonyl (C=O) groups excluding carboxylic acids is 4. The van der Waals surface area contributed by atoms with E-state index < -0.39 is 36.6 Å². The van der Waals surface area contributed by atoms with E-state index in [1.165, 1.54) is 25.1 Å². The molecule has 1 rings (SSSR count). The number of hydrogen-bond donors (Lipinski definition) is 1. The Hall–Kier alpha value is -3.54. The Kier molecular flexibility index (Phi) is 13.8. The average Bonchev–Trinajstić information content (AvgIpc) is 2.81. The van der Waals surface area contributed by atoms with Gasteiger partial charge in [0.1, 0.15) is 18.8 Å². The highest BCUT2D eigenvalue weighted by Crippen LogP contribution is 2.30. The van der Waals surface area contributed by atoms with Crippen molar-refractivity contribution in [2.75, 3.05) is 26.4 Å². The van der Waals surface area contributed by atoms with Crippen LogP contribution in [-0.2, 0) is 34.9 Å². The molecule has 0 spiro atoms. The van der Waals surface area contributed by atoms with Gasteiger partial charge < -0.3 is 38.9 Å². The fourth-order valence-electron chi connectivity index (χ4n) is 2.55. The molecule has 0 saturated carbocycles. The van der Waals surface area contributed by atoms with Gasteiger partial charge in [-0.1, -0.05) is 33.8 Å². The first-order chi connectivity index (χ1) is 17.4. The summed E-state index contributed by atoms with van der Waals surface area (Å²) in [4.78, 5) is 47.8. The zero-order valence-electron chi connectivity index (χ0n) is 22.1. The summed E-state index contributed by atoms with van der Waals surface area (Å²) in [6, 6.07) is 3.22. The lowest BCUT2D eigenvalue weighted by atomic mass is 10.1. The molecule has 1 aromatic rings. The first-order valence-corrected chi connectivity index (χ1v) is 12.0. The van der Waals surface area contributed by atoms with Gasteiger partial charge in [-0.05, 0) is 49.8 Å². The molecule has 0 aliphatic rings. The SMILES string of the molecule is CCOC(=O)OC[C@H](C)OC(=O)[C@@H](N)Cc1ccc(OC(=O)OCC(C)C)c(OC(=O)OCC(C)C)c1. The van der Waals surface area contributed by atoms with E-state index >= 15 is 0 Å². The summed E-state index contributed by atoms with van der Waals surface area (Å²) in [5.41, 5.74) is 6.46. The number of benzene rings is 1. The van der Waals surface area contributed by atoms with Crippen LogP contribution in [0.25, 0.3) is 0 Å². The topological polar surface area (TPSA) is 159 Å². The number of nitrogens with two attached hydrogens (primary N) is 1. The summed E-state index contributed by atoms with van der Waals surface area (Å²) in [6.07, 6.45) is -3.60. The zero-order chi connectivity index (χ0) is 28.0. The van der Waals surface area contributed by atoms with Crippen LogP contribution in [0.5, 0.6) is 11.5 Å². The largest absolute Gasteiger partial charge is 0.513 e. The number of esters is 1. The van der Waals surface area contributed by atoms with Gasteiger partial charge in [-0.2, -0.15) is 0 Å². The van der Waals surface area contributed by atoms with E-state index in [0.717, 1.165) is 0 Å². The van der Waals surface area contributed by atoms with E-state index in [-0.39, 0.29) is 56.2 Å². The Balaban J connectivity index is 2.88. The molecule has 12 nitrogen and oxygen atoms in total. The summed E-state index contributed by atoms with van der Waals surface area (Å²) < 4.78 is 35.1. The van der Waals surface area contributed by atoms with E-state index in [0.29, 0.717) is 5.56 Å². The van der Waals surface area contributed by atoms with Crippen molar-refractivity contribution in [1.29, 1.82) is 0 Å². The Morgan fingerprint density at radius 3 is 1.84 bits per heavy atom. The molecular formula is C25H37NO11. The van der Waals surface area contributed by atoms with Crippen molar-refractivity contribution >= 4 is 24.4 Å². The number of hydrogen-bond acceptors (Lipinski definition) is 12. The molecule has 0 saturated heterocycles. The Bertz CT molecular complexity index is 901. The molecule has 12 heteroatoms. The van der Waals surface area contributed by atoms with Crippen LogP contribution in [0, 0.1) is 11.8 Å². The van der Waals surface area contributed by atoms with Crippen molar-refractivity contribution in [3.8, 4) is 11.5 Å². The van der Waals surface area contributed by atoms with Gasteiger partial charge in [-0.25, -0.2) is 14.4 Å². The van der Waals surface area contributed by atoms with Crippen LogP contribution in [0.1, 0.15) is 47.1 Å². The van der Waals surface area contributed by atoms with Crippen molar-refractivity contribution in [3.05, 3.63) is 23.8 Å². The highest BCUT2D eigenvalue weighted by atomic mass is 16.7. The molecule has 0 radical (unpaired) electrons. The summed E-state index contributed by atoms with van der Waals surface area (Å²) in [7, 11) is 0. The molecule has 0 aromatic heterocycles.